The zero-order valence-electron chi connectivity index (χ0n) is 12.0. The SMILES string of the molecule is COc1ccc([C@H](Nc2ccc3c(c2)OCO3)C(N)=O)cc1. The van der Waals surface area contributed by atoms with Crippen LogP contribution in [-0.2, 0) is 4.79 Å². The number of amides is 1. The minimum atomic E-state index is -0.647. The summed E-state index contributed by atoms with van der Waals surface area (Å²) in [4.78, 5) is 11.8. The number of nitrogens with one attached hydrogen (secondary N) is 1. The summed E-state index contributed by atoms with van der Waals surface area (Å²) in [5.74, 6) is 1.58. The second-order valence-corrected chi connectivity index (χ2v) is 4.82. The first-order valence-electron chi connectivity index (χ1n) is 6.77. The number of hydrogen-bond acceptors (Lipinski definition) is 5. The van der Waals surface area contributed by atoms with Crippen molar-refractivity contribution in [3.8, 4) is 17.2 Å². The molecule has 1 aliphatic rings. The van der Waals surface area contributed by atoms with E-state index in [2.05, 4.69) is 5.32 Å². The Kier molecular flexibility index (Phi) is 3.74. The fourth-order valence-electron chi connectivity index (χ4n) is 2.27. The third-order valence-corrected chi connectivity index (χ3v) is 3.42. The largest absolute Gasteiger partial charge is 0.497 e. The van der Waals surface area contributed by atoms with E-state index in [0.29, 0.717) is 11.5 Å². The van der Waals surface area contributed by atoms with Crippen LogP contribution in [0.15, 0.2) is 42.5 Å². The van der Waals surface area contributed by atoms with Crippen molar-refractivity contribution < 1.29 is 19.0 Å². The Balaban J connectivity index is 1.83. The number of nitrogens with two attached hydrogens (primary N) is 1. The van der Waals surface area contributed by atoms with Crippen LogP contribution in [0.2, 0.25) is 0 Å². The summed E-state index contributed by atoms with van der Waals surface area (Å²) in [5.41, 5.74) is 6.99. The minimum absolute atomic E-state index is 0.205. The van der Waals surface area contributed by atoms with Crippen molar-refractivity contribution in [1.82, 2.24) is 0 Å². The third kappa shape index (κ3) is 2.76. The summed E-state index contributed by atoms with van der Waals surface area (Å²) in [5, 5.41) is 3.11. The van der Waals surface area contributed by atoms with Crippen LogP contribution in [0.3, 0.4) is 0 Å². The van der Waals surface area contributed by atoms with Gasteiger partial charge in [0.05, 0.1) is 7.11 Å². The Morgan fingerprint density at radius 2 is 1.91 bits per heavy atom. The molecule has 3 rings (SSSR count). The molecule has 1 amide bonds. The van der Waals surface area contributed by atoms with Crippen LogP contribution in [0.1, 0.15) is 11.6 Å². The molecule has 0 saturated carbocycles. The van der Waals surface area contributed by atoms with Gasteiger partial charge in [0.15, 0.2) is 11.5 Å². The quantitative estimate of drug-likeness (QED) is 0.883. The van der Waals surface area contributed by atoms with E-state index in [1.54, 1.807) is 43.5 Å². The molecule has 0 bridgehead atoms. The molecule has 0 radical (unpaired) electrons. The summed E-state index contributed by atoms with van der Waals surface area (Å²) in [6.45, 7) is 0.205. The molecule has 0 spiro atoms. The van der Waals surface area contributed by atoms with E-state index in [1.807, 2.05) is 6.07 Å². The normalized spacial score (nSPS) is 13.5. The van der Waals surface area contributed by atoms with Crippen LogP contribution >= 0.6 is 0 Å². The summed E-state index contributed by atoms with van der Waals surface area (Å²) in [7, 11) is 1.59. The van der Waals surface area contributed by atoms with E-state index in [0.717, 1.165) is 17.0 Å². The average molecular weight is 300 g/mol. The smallest absolute Gasteiger partial charge is 0.244 e. The fourth-order valence-corrected chi connectivity index (χ4v) is 2.27. The standard InChI is InChI=1S/C16H16N2O4/c1-20-12-5-2-10(3-6-12)15(16(17)19)18-11-4-7-13-14(8-11)22-9-21-13/h2-8,15,18H,9H2,1H3,(H2,17,19)/t15-/m0/s1. The van der Waals surface area contributed by atoms with Gasteiger partial charge in [-0.15, -0.1) is 0 Å². The Hall–Kier alpha value is -2.89. The van der Waals surface area contributed by atoms with E-state index in [4.69, 9.17) is 19.9 Å². The van der Waals surface area contributed by atoms with Crippen LogP contribution in [0.25, 0.3) is 0 Å². The van der Waals surface area contributed by atoms with Gasteiger partial charge >= 0.3 is 0 Å². The first-order valence-corrected chi connectivity index (χ1v) is 6.77. The van der Waals surface area contributed by atoms with Crippen LogP contribution in [0.4, 0.5) is 5.69 Å². The molecule has 1 heterocycles. The Bertz CT molecular complexity index is 685. The van der Waals surface area contributed by atoms with Gasteiger partial charge < -0.3 is 25.3 Å². The zero-order valence-corrected chi connectivity index (χ0v) is 12.0. The lowest BCUT2D eigenvalue weighted by Crippen LogP contribution is -2.27. The number of hydrogen-bond donors (Lipinski definition) is 2. The van der Waals surface area contributed by atoms with Gasteiger partial charge in [-0.2, -0.15) is 0 Å². The molecule has 6 nitrogen and oxygen atoms in total. The highest BCUT2D eigenvalue weighted by Crippen LogP contribution is 2.35. The van der Waals surface area contributed by atoms with Crippen molar-refractivity contribution in [2.45, 2.75) is 6.04 Å². The average Bonchev–Trinajstić information content (AvgIpc) is 3.00. The van der Waals surface area contributed by atoms with Crippen LogP contribution in [-0.4, -0.2) is 19.8 Å². The Morgan fingerprint density at radius 1 is 1.18 bits per heavy atom. The van der Waals surface area contributed by atoms with Crippen LogP contribution in [0, 0.1) is 0 Å². The lowest BCUT2D eigenvalue weighted by atomic mass is 10.1. The van der Waals surface area contributed by atoms with E-state index < -0.39 is 11.9 Å². The summed E-state index contributed by atoms with van der Waals surface area (Å²) < 4.78 is 15.7. The Labute approximate surface area is 127 Å². The highest BCUT2D eigenvalue weighted by Gasteiger charge is 2.19. The maximum atomic E-state index is 11.8. The molecule has 0 aliphatic carbocycles. The van der Waals surface area contributed by atoms with Gasteiger partial charge in [0.25, 0.3) is 0 Å². The number of benzene rings is 2. The van der Waals surface area contributed by atoms with Gasteiger partial charge in [-0.25, -0.2) is 0 Å². The second-order valence-electron chi connectivity index (χ2n) is 4.82. The molecule has 1 atom stereocenters. The minimum Gasteiger partial charge on any atom is -0.497 e. The summed E-state index contributed by atoms with van der Waals surface area (Å²) in [6.07, 6.45) is 0. The molecule has 6 heteroatoms. The molecular weight excluding hydrogens is 284 g/mol. The van der Waals surface area contributed by atoms with E-state index >= 15 is 0 Å². The first kappa shape index (κ1) is 14.1. The van der Waals surface area contributed by atoms with Crippen molar-refractivity contribution in [2.75, 3.05) is 19.2 Å². The number of carbonyl (C=O) groups excluding carboxylic acids is 1. The second kappa shape index (κ2) is 5.85. The highest BCUT2D eigenvalue weighted by atomic mass is 16.7. The molecular formula is C16H16N2O4. The van der Waals surface area contributed by atoms with E-state index in [1.165, 1.54) is 0 Å². The maximum absolute atomic E-state index is 11.8. The van der Waals surface area contributed by atoms with E-state index in [9.17, 15) is 4.79 Å². The van der Waals surface area contributed by atoms with E-state index in [-0.39, 0.29) is 6.79 Å². The van der Waals surface area contributed by atoms with Gasteiger partial charge in [0.1, 0.15) is 11.8 Å². The topological polar surface area (TPSA) is 82.8 Å². The molecule has 2 aromatic carbocycles. The monoisotopic (exact) mass is 300 g/mol. The van der Waals surface area contributed by atoms with Crippen molar-refractivity contribution >= 4 is 11.6 Å². The number of fused-ring (bicyclic) bond motifs is 1. The summed E-state index contributed by atoms with van der Waals surface area (Å²) >= 11 is 0. The number of carbonyl (C=O) groups is 1. The number of rotatable bonds is 5. The lowest BCUT2D eigenvalue weighted by molar-refractivity contribution is -0.118. The molecule has 0 fully saturated rings. The molecule has 0 unspecified atom stereocenters. The van der Waals surface area contributed by atoms with Gasteiger partial charge in [0.2, 0.25) is 12.7 Å². The van der Waals surface area contributed by atoms with Crippen molar-refractivity contribution in [3.05, 3.63) is 48.0 Å². The predicted octanol–water partition coefficient (Wildman–Crippen LogP) is 2.06. The molecule has 22 heavy (non-hydrogen) atoms. The predicted molar refractivity (Wildman–Crippen MR) is 81.1 cm³/mol. The molecule has 2 aromatic rings. The molecule has 0 saturated heterocycles. The third-order valence-electron chi connectivity index (χ3n) is 3.42. The van der Waals surface area contributed by atoms with Gasteiger partial charge in [-0.3, -0.25) is 4.79 Å². The maximum Gasteiger partial charge on any atom is 0.244 e. The highest BCUT2D eigenvalue weighted by molar-refractivity contribution is 5.84. The lowest BCUT2D eigenvalue weighted by Gasteiger charge is -2.17. The van der Waals surface area contributed by atoms with Gasteiger partial charge in [-0.05, 0) is 29.8 Å². The molecule has 0 aromatic heterocycles. The summed E-state index contributed by atoms with van der Waals surface area (Å²) in [6, 6.07) is 11.9. The fraction of sp³-hybridized carbons (Fsp3) is 0.188. The number of methoxy groups -OCH3 is 1. The molecule has 1 aliphatic heterocycles. The van der Waals surface area contributed by atoms with Crippen molar-refractivity contribution in [2.24, 2.45) is 5.73 Å². The molecule has 114 valence electrons. The van der Waals surface area contributed by atoms with Crippen molar-refractivity contribution in [1.29, 1.82) is 0 Å². The van der Waals surface area contributed by atoms with Crippen LogP contribution in [0.5, 0.6) is 17.2 Å². The zero-order chi connectivity index (χ0) is 15.5. The molecule has 3 N–H and O–H groups in total. The number of primary amides is 1. The Morgan fingerprint density at radius 3 is 2.59 bits per heavy atom. The number of anilines is 1. The number of ether oxygens (including phenoxy) is 3. The van der Waals surface area contributed by atoms with Gasteiger partial charge in [-0.1, -0.05) is 12.1 Å². The van der Waals surface area contributed by atoms with Gasteiger partial charge in [0, 0.05) is 11.8 Å². The first-order chi connectivity index (χ1) is 10.7. The van der Waals surface area contributed by atoms with Crippen molar-refractivity contribution in [3.63, 3.8) is 0 Å². The van der Waals surface area contributed by atoms with Crippen LogP contribution < -0.4 is 25.3 Å².